The second-order valence-corrected chi connectivity index (χ2v) is 6.89. The maximum Gasteiger partial charge on any atom is 0.339 e. The lowest BCUT2D eigenvalue weighted by atomic mass is 10.2. The van der Waals surface area contributed by atoms with Crippen molar-refractivity contribution in [2.24, 2.45) is 0 Å². The molecular weight excluding hydrogens is 400 g/mol. The highest BCUT2D eigenvalue weighted by molar-refractivity contribution is 8.00. The lowest BCUT2D eigenvalue weighted by molar-refractivity contribution is -0.138. The predicted molar refractivity (Wildman–Crippen MR) is 106 cm³/mol. The summed E-state index contributed by atoms with van der Waals surface area (Å²) in [6, 6.07) is 10.5. The number of anilines is 2. The van der Waals surface area contributed by atoms with E-state index in [1.165, 1.54) is 23.9 Å². The van der Waals surface area contributed by atoms with Crippen LogP contribution in [0.5, 0.6) is 5.75 Å². The largest absolute Gasteiger partial charge is 0.507 e. The zero-order chi connectivity index (χ0) is 21.4. The maximum absolute atomic E-state index is 12.1. The average Bonchev–Trinajstić information content (AvgIpc) is 2.66. The van der Waals surface area contributed by atoms with Gasteiger partial charge in [-0.3, -0.25) is 14.4 Å². The fourth-order valence-electron chi connectivity index (χ4n) is 2.24. The van der Waals surface area contributed by atoms with Crippen LogP contribution in [-0.2, 0) is 14.4 Å². The molecule has 0 heterocycles. The summed E-state index contributed by atoms with van der Waals surface area (Å²) in [5.74, 6) is -3.54. The van der Waals surface area contributed by atoms with Gasteiger partial charge in [-0.15, -0.1) is 11.8 Å². The number of aliphatic carboxylic acids is 1. The number of carbonyl (C=O) groups is 4. The summed E-state index contributed by atoms with van der Waals surface area (Å²) in [7, 11) is 0. The van der Waals surface area contributed by atoms with E-state index in [9.17, 15) is 24.3 Å². The number of benzene rings is 2. The number of carboxylic acids is 2. The number of aromatic hydroxyl groups is 1. The summed E-state index contributed by atoms with van der Waals surface area (Å²) < 4.78 is 0. The van der Waals surface area contributed by atoms with Crippen LogP contribution in [0.2, 0.25) is 0 Å². The van der Waals surface area contributed by atoms with Crippen LogP contribution < -0.4 is 10.6 Å². The summed E-state index contributed by atoms with van der Waals surface area (Å²) in [5, 5.41) is 32.2. The van der Waals surface area contributed by atoms with Crippen molar-refractivity contribution in [2.45, 2.75) is 17.7 Å². The Balaban J connectivity index is 1.90. The van der Waals surface area contributed by atoms with Gasteiger partial charge in [0.15, 0.2) is 0 Å². The SMILES string of the molecule is O=C(O)CCC(=O)Nc1cccc(SCC(=O)Nc2ccc(O)c(C(=O)O)c2)c1. The Morgan fingerprint density at radius 3 is 2.24 bits per heavy atom. The van der Waals surface area contributed by atoms with Gasteiger partial charge in [-0.2, -0.15) is 0 Å². The van der Waals surface area contributed by atoms with Crippen LogP contribution in [0.25, 0.3) is 0 Å². The molecule has 2 rings (SSSR count). The van der Waals surface area contributed by atoms with Crippen molar-refractivity contribution >= 4 is 46.9 Å². The Morgan fingerprint density at radius 1 is 0.862 bits per heavy atom. The van der Waals surface area contributed by atoms with E-state index in [0.717, 1.165) is 6.07 Å². The van der Waals surface area contributed by atoms with Gasteiger partial charge in [-0.25, -0.2) is 4.79 Å². The summed E-state index contributed by atoms with van der Waals surface area (Å²) in [4.78, 5) is 46.0. The van der Waals surface area contributed by atoms with Gasteiger partial charge >= 0.3 is 11.9 Å². The first-order valence-electron chi connectivity index (χ1n) is 8.35. The second-order valence-electron chi connectivity index (χ2n) is 5.84. The van der Waals surface area contributed by atoms with Gasteiger partial charge in [-0.1, -0.05) is 6.07 Å². The van der Waals surface area contributed by atoms with Crippen molar-refractivity contribution in [1.82, 2.24) is 0 Å². The molecule has 0 aliphatic rings. The van der Waals surface area contributed by atoms with E-state index in [4.69, 9.17) is 10.2 Å². The van der Waals surface area contributed by atoms with Crippen molar-refractivity contribution in [3.05, 3.63) is 48.0 Å². The van der Waals surface area contributed by atoms with Crippen molar-refractivity contribution < 1.29 is 34.5 Å². The molecule has 0 radical (unpaired) electrons. The molecule has 0 aliphatic heterocycles. The molecule has 0 unspecified atom stereocenters. The molecule has 0 spiro atoms. The van der Waals surface area contributed by atoms with Crippen LogP contribution in [0.15, 0.2) is 47.4 Å². The van der Waals surface area contributed by atoms with Crippen molar-refractivity contribution in [2.75, 3.05) is 16.4 Å². The van der Waals surface area contributed by atoms with E-state index in [1.54, 1.807) is 24.3 Å². The Kier molecular flexibility index (Phi) is 7.61. The number of hydrogen-bond donors (Lipinski definition) is 5. The lowest BCUT2D eigenvalue weighted by Gasteiger charge is -2.09. The molecule has 0 fully saturated rings. The third-order valence-electron chi connectivity index (χ3n) is 3.56. The van der Waals surface area contributed by atoms with Crippen molar-refractivity contribution in [3.63, 3.8) is 0 Å². The predicted octanol–water partition coefficient (Wildman–Crippen LogP) is 2.62. The first-order valence-corrected chi connectivity index (χ1v) is 9.34. The molecule has 0 aliphatic carbocycles. The molecule has 5 N–H and O–H groups in total. The van der Waals surface area contributed by atoms with Gasteiger partial charge in [0.1, 0.15) is 11.3 Å². The number of thioether (sulfide) groups is 1. The molecule has 0 saturated carbocycles. The van der Waals surface area contributed by atoms with E-state index < -0.39 is 23.6 Å². The Morgan fingerprint density at radius 2 is 1.55 bits per heavy atom. The Labute approximate surface area is 169 Å². The summed E-state index contributed by atoms with van der Waals surface area (Å²) >= 11 is 1.20. The van der Waals surface area contributed by atoms with Gasteiger partial charge in [-0.05, 0) is 36.4 Å². The monoisotopic (exact) mass is 418 g/mol. The van der Waals surface area contributed by atoms with Crippen molar-refractivity contribution in [1.29, 1.82) is 0 Å². The highest BCUT2D eigenvalue weighted by Gasteiger charge is 2.12. The van der Waals surface area contributed by atoms with Gasteiger partial charge in [0.2, 0.25) is 11.8 Å². The third kappa shape index (κ3) is 7.18. The van der Waals surface area contributed by atoms with E-state index >= 15 is 0 Å². The van der Waals surface area contributed by atoms with E-state index in [0.29, 0.717) is 10.6 Å². The molecule has 0 aromatic heterocycles. The minimum absolute atomic E-state index is 0.0275. The van der Waals surface area contributed by atoms with E-state index in [-0.39, 0.29) is 35.8 Å². The molecule has 152 valence electrons. The number of carboxylic acid groups (broad SMARTS) is 2. The molecule has 2 aromatic rings. The molecular formula is C19H18N2O7S. The fraction of sp³-hybridized carbons (Fsp3) is 0.158. The molecule has 0 atom stereocenters. The second kappa shape index (κ2) is 10.1. The molecule has 2 amide bonds. The highest BCUT2D eigenvalue weighted by Crippen LogP contribution is 2.24. The van der Waals surface area contributed by atoms with Crippen LogP contribution in [0.1, 0.15) is 23.2 Å². The van der Waals surface area contributed by atoms with Crippen LogP contribution >= 0.6 is 11.8 Å². The normalized spacial score (nSPS) is 10.2. The summed E-state index contributed by atoms with van der Waals surface area (Å²) in [6.07, 6.45) is -0.401. The highest BCUT2D eigenvalue weighted by atomic mass is 32.2. The first-order chi connectivity index (χ1) is 13.7. The number of hydrogen-bond acceptors (Lipinski definition) is 6. The minimum Gasteiger partial charge on any atom is -0.507 e. The number of nitrogens with one attached hydrogen (secondary N) is 2. The van der Waals surface area contributed by atoms with Crippen molar-refractivity contribution in [3.8, 4) is 5.75 Å². The minimum atomic E-state index is -1.31. The number of phenols is 1. The van der Waals surface area contributed by atoms with Gasteiger partial charge < -0.3 is 26.0 Å². The molecule has 0 bridgehead atoms. The third-order valence-corrected chi connectivity index (χ3v) is 4.56. The van der Waals surface area contributed by atoms with Gasteiger partial charge in [0, 0.05) is 22.7 Å². The van der Waals surface area contributed by atoms with Gasteiger partial charge in [0.05, 0.1) is 12.2 Å². The molecule has 2 aromatic carbocycles. The zero-order valence-corrected chi connectivity index (χ0v) is 15.9. The molecule has 10 heteroatoms. The molecule has 0 saturated heterocycles. The van der Waals surface area contributed by atoms with E-state index in [2.05, 4.69) is 10.6 Å². The first kappa shape index (κ1) is 21.8. The van der Waals surface area contributed by atoms with Crippen LogP contribution in [0.4, 0.5) is 11.4 Å². The number of aromatic carboxylic acids is 1. The van der Waals surface area contributed by atoms with Crippen LogP contribution in [0, 0.1) is 0 Å². The topological polar surface area (TPSA) is 153 Å². The number of carbonyl (C=O) groups excluding carboxylic acids is 2. The smallest absolute Gasteiger partial charge is 0.339 e. The van der Waals surface area contributed by atoms with Crippen LogP contribution in [-0.4, -0.2) is 44.8 Å². The quantitative estimate of drug-likeness (QED) is 0.308. The summed E-state index contributed by atoms with van der Waals surface area (Å²) in [6.45, 7) is 0. The van der Waals surface area contributed by atoms with Crippen LogP contribution in [0.3, 0.4) is 0 Å². The average molecular weight is 418 g/mol. The number of rotatable bonds is 9. The maximum atomic E-state index is 12.1. The summed E-state index contributed by atoms with van der Waals surface area (Å²) in [5.41, 5.74) is 0.405. The van der Waals surface area contributed by atoms with Gasteiger partial charge in [0.25, 0.3) is 0 Å². The standard InChI is InChI=1S/C19H18N2O7S/c22-15-5-4-12(9-14(15)19(27)28)21-17(24)10-29-13-3-1-2-11(8-13)20-16(23)6-7-18(25)26/h1-5,8-9,22H,6-7,10H2,(H,20,23)(H,21,24)(H,25,26)(H,27,28). The zero-order valence-electron chi connectivity index (χ0n) is 15.0. The molecule has 9 nitrogen and oxygen atoms in total. The lowest BCUT2D eigenvalue weighted by Crippen LogP contribution is -2.14. The Bertz CT molecular complexity index is 946. The number of amides is 2. The van der Waals surface area contributed by atoms with E-state index in [1.807, 2.05) is 0 Å². The molecule has 29 heavy (non-hydrogen) atoms. The Hall–Kier alpha value is -3.53. The fourth-order valence-corrected chi connectivity index (χ4v) is 2.99.